The maximum absolute atomic E-state index is 5.92. The molecule has 3 rings (SSSR count). The fourth-order valence-corrected chi connectivity index (χ4v) is 3.44. The van der Waals surface area contributed by atoms with Crippen LogP contribution in [-0.2, 0) is 12.8 Å². The molecule has 0 saturated heterocycles. The van der Waals surface area contributed by atoms with Crippen molar-refractivity contribution in [3.05, 3.63) is 51.7 Å². The molecule has 100 valence electrons. The van der Waals surface area contributed by atoms with Gasteiger partial charge in [-0.05, 0) is 36.9 Å². The van der Waals surface area contributed by atoms with E-state index in [0.717, 1.165) is 31.6 Å². The van der Waals surface area contributed by atoms with E-state index in [1.165, 1.54) is 16.0 Å². The van der Waals surface area contributed by atoms with Crippen LogP contribution in [0.4, 0.5) is 0 Å². The zero-order valence-electron chi connectivity index (χ0n) is 11.2. The Bertz CT molecular complexity index is 536. The van der Waals surface area contributed by atoms with Crippen LogP contribution in [0, 0.1) is 0 Å². The van der Waals surface area contributed by atoms with E-state index in [-0.39, 0.29) is 0 Å². The van der Waals surface area contributed by atoms with Gasteiger partial charge in [0.2, 0.25) is 0 Å². The van der Waals surface area contributed by atoms with Gasteiger partial charge < -0.3 is 10.1 Å². The molecule has 19 heavy (non-hydrogen) atoms. The maximum Gasteiger partial charge on any atom is 0.127 e. The highest BCUT2D eigenvalue weighted by atomic mass is 32.1. The molecule has 1 atom stereocenters. The van der Waals surface area contributed by atoms with Crippen molar-refractivity contribution >= 4 is 11.3 Å². The number of nitrogens with one attached hydrogen (secondary N) is 1. The third kappa shape index (κ3) is 2.67. The molecule has 1 N–H and O–H groups in total. The standard InChI is InChI=1S/C16H19NOS/c1-17-15(11-13-7-4-10-19-13)14-8-2-5-12-6-3-9-18-16(12)14/h2,4-5,7-8,10,15,17H,3,6,9,11H2,1H3. The lowest BCUT2D eigenvalue weighted by molar-refractivity contribution is 0.282. The number of rotatable bonds is 4. The third-order valence-corrected chi connectivity index (χ3v) is 4.57. The Hall–Kier alpha value is -1.32. The van der Waals surface area contributed by atoms with E-state index in [4.69, 9.17) is 4.74 Å². The Labute approximate surface area is 118 Å². The summed E-state index contributed by atoms with van der Waals surface area (Å²) < 4.78 is 5.92. The second kappa shape index (κ2) is 5.76. The average molecular weight is 273 g/mol. The molecule has 0 fully saturated rings. The molecular formula is C16H19NOS. The number of fused-ring (bicyclic) bond motifs is 1. The molecule has 0 aliphatic carbocycles. The molecule has 2 heterocycles. The van der Waals surface area contributed by atoms with Gasteiger partial charge in [0, 0.05) is 22.9 Å². The number of aryl methyl sites for hydroxylation is 1. The molecule has 1 aromatic carbocycles. The molecule has 2 aromatic rings. The molecule has 0 amide bonds. The van der Waals surface area contributed by atoms with E-state index in [0.29, 0.717) is 6.04 Å². The van der Waals surface area contributed by atoms with E-state index >= 15 is 0 Å². The van der Waals surface area contributed by atoms with E-state index in [1.54, 1.807) is 0 Å². The fraction of sp³-hybridized carbons (Fsp3) is 0.375. The Morgan fingerprint density at radius 1 is 1.32 bits per heavy atom. The van der Waals surface area contributed by atoms with Crippen molar-refractivity contribution in [2.24, 2.45) is 0 Å². The number of hydrogen-bond acceptors (Lipinski definition) is 3. The van der Waals surface area contributed by atoms with Crippen molar-refractivity contribution in [2.75, 3.05) is 13.7 Å². The largest absolute Gasteiger partial charge is 0.493 e. The van der Waals surface area contributed by atoms with Crippen molar-refractivity contribution in [1.29, 1.82) is 0 Å². The lowest BCUT2D eigenvalue weighted by atomic mass is 9.96. The first-order chi connectivity index (χ1) is 9.38. The molecule has 3 heteroatoms. The van der Waals surface area contributed by atoms with Crippen LogP contribution in [0.3, 0.4) is 0 Å². The third-order valence-electron chi connectivity index (χ3n) is 3.67. The molecule has 0 radical (unpaired) electrons. The Morgan fingerprint density at radius 3 is 3.05 bits per heavy atom. The molecule has 1 aliphatic heterocycles. The first-order valence-corrected chi connectivity index (χ1v) is 7.70. The van der Waals surface area contributed by atoms with E-state index < -0.39 is 0 Å². The number of ether oxygens (including phenoxy) is 1. The predicted molar refractivity (Wildman–Crippen MR) is 80.1 cm³/mol. The highest BCUT2D eigenvalue weighted by Gasteiger charge is 2.20. The fourth-order valence-electron chi connectivity index (χ4n) is 2.69. The predicted octanol–water partition coefficient (Wildman–Crippen LogP) is 3.58. The van der Waals surface area contributed by atoms with Gasteiger partial charge in [-0.15, -0.1) is 11.3 Å². The molecule has 1 aliphatic rings. The Balaban J connectivity index is 1.90. The van der Waals surface area contributed by atoms with Gasteiger partial charge in [-0.25, -0.2) is 0 Å². The van der Waals surface area contributed by atoms with Gasteiger partial charge in [0.25, 0.3) is 0 Å². The second-order valence-corrected chi connectivity index (χ2v) is 5.94. The van der Waals surface area contributed by atoms with Gasteiger partial charge >= 0.3 is 0 Å². The lowest BCUT2D eigenvalue weighted by Crippen LogP contribution is -2.21. The van der Waals surface area contributed by atoms with Crippen LogP contribution in [0.1, 0.15) is 28.5 Å². The van der Waals surface area contributed by atoms with Crippen molar-refractivity contribution in [2.45, 2.75) is 25.3 Å². The van der Waals surface area contributed by atoms with Crippen LogP contribution in [0.25, 0.3) is 0 Å². The van der Waals surface area contributed by atoms with Crippen LogP contribution in [0.15, 0.2) is 35.7 Å². The highest BCUT2D eigenvalue weighted by molar-refractivity contribution is 7.09. The summed E-state index contributed by atoms with van der Waals surface area (Å²) in [6.07, 6.45) is 3.29. The topological polar surface area (TPSA) is 21.3 Å². The summed E-state index contributed by atoms with van der Waals surface area (Å²) in [5.41, 5.74) is 2.66. The van der Waals surface area contributed by atoms with E-state index in [2.05, 4.69) is 41.0 Å². The van der Waals surface area contributed by atoms with Crippen molar-refractivity contribution in [3.63, 3.8) is 0 Å². The summed E-state index contributed by atoms with van der Waals surface area (Å²) >= 11 is 1.82. The zero-order chi connectivity index (χ0) is 13.1. The zero-order valence-corrected chi connectivity index (χ0v) is 12.0. The van der Waals surface area contributed by atoms with Crippen LogP contribution < -0.4 is 10.1 Å². The quantitative estimate of drug-likeness (QED) is 0.919. The minimum absolute atomic E-state index is 0.326. The normalized spacial score (nSPS) is 15.6. The minimum atomic E-state index is 0.326. The number of likely N-dealkylation sites (N-methyl/N-ethyl adjacent to an activating group) is 1. The van der Waals surface area contributed by atoms with Gasteiger partial charge in [-0.3, -0.25) is 0 Å². The first-order valence-electron chi connectivity index (χ1n) is 6.82. The minimum Gasteiger partial charge on any atom is -0.493 e. The first kappa shape index (κ1) is 12.7. The second-order valence-electron chi connectivity index (χ2n) is 4.91. The molecule has 0 saturated carbocycles. The summed E-state index contributed by atoms with van der Waals surface area (Å²) in [6, 6.07) is 11.2. The molecule has 1 unspecified atom stereocenters. The van der Waals surface area contributed by atoms with E-state index in [9.17, 15) is 0 Å². The van der Waals surface area contributed by atoms with Crippen molar-refractivity contribution < 1.29 is 4.74 Å². The highest BCUT2D eigenvalue weighted by Crippen LogP contribution is 2.34. The van der Waals surface area contributed by atoms with Gasteiger partial charge in [0.05, 0.1) is 6.61 Å². The Kier molecular flexibility index (Phi) is 3.85. The number of thiophene rings is 1. The number of benzene rings is 1. The Morgan fingerprint density at radius 2 is 2.26 bits per heavy atom. The molecule has 0 spiro atoms. The van der Waals surface area contributed by atoms with Crippen molar-refractivity contribution in [1.82, 2.24) is 5.32 Å². The van der Waals surface area contributed by atoms with Crippen LogP contribution in [-0.4, -0.2) is 13.7 Å². The van der Waals surface area contributed by atoms with Gasteiger partial charge in [0.1, 0.15) is 5.75 Å². The number of hydrogen-bond donors (Lipinski definition) is 1. The summed E-state index contributed by atoms with van der Waals surface area (Å²) in [5, 5.41) is 5.57. The summed E-state index contributed by atoms with van der Waals surface area (Å²) in [5.74, 6) is 1.12. The summed E-state index contributed by atoms with van der Waals surface area (Å²) in [7, 11) is 2.03. The molecular weight excluding hydrogens is 254 g/mol. The summed E-state index contributed by atoms with van der Waals surface area (Å²) in [4.78, 5) is 1.41. The average Bonchev–Trinajstić information content (AvgIpc) is 2.97. The van der Waals surface area contributed by atoms with Crippen molar-refractivity contribution in [3.8, 4) is 5.75 Å². The van der Waals surface area contributed by atoms with Crippen LogP contribution in [0.5, 0.6) is 5.75 Å². The summed E-state index contributed by atoms with van der Waals surface area (Å²) in [6.45, 7) is 0.847. The SMILES string of the molecule is CNC(Cc1cccs1)c1cccc2c1OCCC2. The van der Waals surface area contributed by atoms with E-state index in [1.807, 2.05) is 18.4 Å². The smallest absolute Gasteiger partial charge is 0.127 e. The maximum atomic E-state index is 5.92. The molecule has 2 nitrogen and oxygen atoms in total. The van der Waals surface area contributed by atoms with Crippen LogP contribution in [0.2, 0.25) is 0 Å². The van der Waals surface area contributed by atoms with Crippen LogP contribution >= 0.6 is 11.3 Å². The monoisotopic (exact) mass is 273 g/mol. The van der Waals surface area contributed by atoms with Gasteiger partial charge in [0.15, 0.2) is 0 Å². The molecule has 0 bridgehead atoms. The van der Waals surface area contributed by atoms with Gasteiger partial charge in [-0.2, -0.15) is 0 Å². The number of para-hydroxylation sites is 1. The van der Waals surface area contributed by atoms with Gasteiger partial charge in [-0.1, -0.05) is 24.3 Å². The molecule has 1 aromatic heterocycles. The lowest BCUT2D eigenvalue weighted by Gasteiger charge is -2.24.